The number of benzene rings is 2. The highest BCUT2D eigenvalue weighted by molar-refractivity contribution is 5.88. The minimum atomic E-state index is 0.840. The van der Waals surface area contributed by atoms with Crippen molar-refractivity contribution >= 4 is 11.3 Å². The van der Waals surface area contributed by atoms with Gasteiger partial charge in [0.2, 0.25) is 0 Å². The summed E-state index contributed by atoms with van der Waals surface area (Å²) < 4.78 is 0. The third-order valence-corrected chi connectivity index (χ3v) is 2.70. The van der Waals surface area contributed by atoms with Gasteiger partial charge in [0.05, 0.1) is 0 Å². The molecule has 0 saturated carbocycles. The molecular formula is C15H15N. The second kappa shape index (κ2) is 4.67. The molecule has 0 fully saturated rings. The molecule has 0 aliphatic carbocycles. The fraction of sp³-hybridized carbons (Fsp3) is 0.0667. The SMILES string of the molecule is C/C(=C(/N)c1ccccc1)c1ccccc1. The van der Waals surface area contributed by atoms with Crippen molar-refractivity contribution in [3.8, 4) is 0 Å². The average molecular weight is 209 g/mol. The fourth-order valence-corrected chi connectivity index (χ4v) is 1.68. The number of hydrogen-bond acceptors (Lipinski definition) is 1. The number of rotatable bonds is 2. The van der Waals surface area contributed by atoms with Crippen LogP contribution in [0.3, 0.4) is 0 Å². The highest BCUT2D eigenvalue weighted by atomic mass is 14.6. The molecule has 0 spiro atoms. The van der Waals surface area contributed by atoms with E-state index in [2.05, 4.69) is 19.1 Å². The van der Waals surface area contributed by atoms with Crippen LogP contribution in [0.25, 0.3) is 11.3 Å². The van der Waals surface area contributed by atoms with E-state index in [-0.39, 0.29) is 0 Å². The summed E-state index contributed by atoms with van der Waals surface area (Å²) in [6, 6.07) is 20.3. The molecule has 2 aromatic carbocycles. The topological polar surface area (TPSA) is 26.0 Å². The van der Waals surface area contributed by atoms with E-state index in [1.807, 2.05) is 48.5 Å². The Kier molecular flexibility index (Phi) is 3.06. The second-order valence-electron chi connectivity index (χ2n) is 3.77. The Hall–Kier alpha value is -2.02. The number of hydrogen-bond donors (Lipinski definition) is 1. The van der Waals surface area contributed by atoms with Crippen LogP contribution in [0.2, 0.25) is 0 Å². The van der Waals surface area contributed by atoms with Gasteiger partial charge >= 0.3 is 0 Å². The van der Waals surface area contributed by atoms with Gasteiger partial charge in [-0.1, -0.05) is 60.7 Å². The van der Waals surface area contributed by atoms with Gasteiger partial charge in [0.1, 0.15) is 0 Å². The van der Waals surface area contributed by atoms with Crippen molar-refractivity contribution < 1.29 is 0 Å². The molecule has 0 amide bonds. The van der Waals surface area contributed by atoms with Gasteiger partial charge < -0.3 is 5.73 Å². The van der Waals surface area contributed by atoms with Gasteiger partial charge in [0.15, 0.2) is 0 Å². The van der Waals surface area contributed by atoms with Crippen molar-refractivity contribution in [1.82, 2.24) is 0 Å². The van der Waals surface area contributed by atoms with Crippen molar-refractivity contribution in [1.29, 1.82) is 0 Å². The molecule has 2 rings (SSSR count). The third-order valence-electron chi connectivity index (χ3n) is 2.70. The van der Waals surface area contributed by atoms with Crippen LogP contribution in [0, 0.1) is 0 Å². The predicted molar refractivity (Wildman–Crippen MR) is 69.6 cm³/mol. The third kappa shape index (κ3) is 2.14. The lowest BCUT2D eigenvalue weighted by molar-refractivity contribution is 1.48. The van der Waals surface area contributed by atoms with Crippen LogP contribution in [-0.4, -0.2) is 0 Å². The molecule has 0 saturated heterocycles. The summed E-state index contributed by atoms with van der Waals surface area (Å²) in [4.78, 5) is 0. The molecule has 0 atom stereocenters. The quantitative estimate of drug-likeness (QED) is 0.752. The maximum atomic E-state index is 6.15. The van der Waals surface area contributed by atoms with Crippen molar-refractivity contribution in [2.75, 3.05) is 0 Å². The monoisotopic (exact) mass is 209 g/mol. The largest absolute Gasteiger partial charge is 0.398 e. The molecule has 0 aliphatic rings. The average Bonchev–Trinajstić information content (AvgIpc) is 2.39. The Bertz CT molecular complexity index is 436. The van der Waals surface area contributed by atoms with Crippen LogP contribution in [-0.2, 0) is 0 Å². The van der Waals surface area contributed by atoms with E-state index in [1.54, 1.807) is 0 Å². The second-order valence-corrected chi connectivity index (χ2v) is 3.77. The minimum Gasteiger partial charge on any atom is -0.398 e. The zero-order chi connectivity index (χ0) is 11.4. The first-order valence-electron chi connectivity index (χ1n) is 5.36. The fourth-order valence-electron chi connectivity index (χ4n) is 1.68. The van der Waals surface area contributed by atoms with Gasteiger partial charge in [0.25, 0.3) is 0 Å². The summed E-state index contributed by atoms with van der Waals surface area (Å²) in [6.45, 7) is 2.05. The van der Waals surface area contributed by atoms with E-state index in [1.165, 1.54) is 5.56 Å². The first kappa shape index (κ1) is 10.5. The van der Waals surface area contributed by atoms with Crippen LogP contribution in [0.1, 0.15) is 18.1 Å². The van der Waals surface area contributed by atoms with E-state index >= 15 is 0 Å². The van der Waals surface area contributed by atoms with Gasteiger partial charge in [0, 0.05) is 5.70 Å². The molecule has 1 nitrogen and oxygen atoms in total. The number of allylic oxidation sites excluding steroid dienone is 1. The van der Waals surface area contributed by atoms with Crippen LogP contribution >= 0.6 is 0 Å². The lowest BCUT2D eigenvalue weighted by atomic mass is 10.0. The van der Waals surface area contributed by atoms with E-state index in [0.29, 0.717) is 0 Å². The van der Waals surface area contributed by atoms with E-state index < -0.39 is 0 Å². The van der Waals surface area contributed by atoms with Crippen LogP contribution in [0.5, 0.6) is 0 Å². The lowest BCUT2D eigenvalue weighted by Crippen LogP contribution is -1.99. The molecule has 80 valence electrons. The Morgan fingerprint density at radius 1 is 0.750 bits per heavy atom. The Morgan fingerprint density at radius 3 is 1.69 bits per heavy atom. The molecule has 0 radical (unpaired) electrons. The van der Waals surface area contributed by atoms with Crippen LogP contribution in [0.15, 0.2) is 60.7 Å². The zero-order valence-corrected chi connectivity index (χ0v) is 9.35. The summed E-state index contributed by atoms with van der Waals surface area (Å²) in [6.07, 6.45) is 0. The molecule has 0 heterocycles. The Morgan fingerprint density at radius 2 is 1.19 bits per heavy atom. The summed E-state index contributed by atoms with van der Waals surface area (Å²) >= 11 is 0. The highest BCUT2D eigenvalue weighted by Gasteiger charge is 2.02. The molecule has 0 aliphatic heterocycles. The van der Waals surface area contributed by atoms with Gasteiger partial charge in [-0.3, -0.25) is 0 Å². The maximum absolute atomic E-state index is 6.15. The van der Waals surface area contributed by atoms with Gasteiger partial charge in [-0.15, -0.1) is 0 Å². The van der Waals surface area contributed by atoms with E-state index in [9.17, 15) is 0 Å². The van der Waals surface area contributed by atoms with Gasteiger partial charge in [-0.2, -0.15) is 0 Å². The number of nitrogens with two attached hydrogens (primary N) is 1. The molecule has 0 bridgehead atoms. The van der Waals surface area contributed by atoms with E-state index in [0.717, 1.165) is 16.8 Å². The van der Waals surface area contributed by atoms with Gasteiger partial charge in [-0.25, -0.2) is 0 Å². The summed E-state index contributed by atoms with van der Waals surface area (Å²) in [5.41, 5.74) is 10.4. The summed E-state index contributed by atoms with van der Waals surface area (Å²) in [5, 5.41) is 0. The molecule has 1 heteroatoms. The van der Waals surface area contributed by atoms with Crippen LogP contribution in [0.4, 0.5) is 0 Å². The summed E-state index contributed by atoms with van der Waals surface area (Å²) in [7, 11) is 0. The van der Waals surface area contributed by atoms with Crippen molar-refractivity contribution in [2.45, 2.75) is 6.92 Å². The normalized spacial score (nSPS) is 12.1. The summed E-state index contributed by atoms with van der Waals surface area (Å²) in [5.74, 6) is 0. The molecule has 0 unspecified atom stereocenters. The first-order valence-corrected chi connectivity index (χ1v) is 5.36. The molecule has 2 N–H and O–H groups in total. The Labute approximate surface area is 96.2 Å². The van der Waals surface area contributed by atoms with Crippen LogP contribution < -0.4 is 5.73 Å². The first-order chi connectivity index (χ1) is 7.79. The maximum Gasteiger partial charge on any atom is 0.0423 e. The minimum absolute atomic E-state index is 0.840. The van der Waals surface area contributed by atoms with Gasteiger partial charge in [-0.05, 0) is 23.6 Å². The molecule has 0 aromatic heterocycles. The molecule has 2 aromatic rings. The predicted octanol–water partition coefficient (Wildman–Crippen LogP) is 3.53. The Balaban J connectivity index is 2.43. The van der Waals surface area contributed by atoms with E-state index in [4.69, 9.17) is 5.73 Å². The standard InChI is InChI=1S/C15H15N/c1-12(13-8-4-2-5-9-13)15(16)14-10-6-3-7-11-14/h2-11H,16H2,1H3/b15-12-. The molecule has 16 heavy (non-hydrogen) atoms. The molecular weight excluding hydrogens is 194 g/mol. The van der Waals surface area contributed by atoms with Crippen molar-refractivity contribution in [2.24, 2.45) is 5.73 Å². The van der Waals surface area contributed by atoms with Crippen molar-refractivity contribution in [3.05, 3.63) is 71.8 Å². The zero-order valence-electron chi connectivity index (χ0n) is 9.35. The lowest BCUT2D eigenvalue weighted by Gasteiger charge is -2.08. The highest BCUT2D eigenvalue weighted by Crippen LogP contribution is 2.21. The smallest absolute Gasteiger partial charge is 0.0423 e. The van der Waals surface area contributed by atoms with Crippen molar-refractivity contribution in [3.63, 3.8) is 0 Å².